The zero-order chi connectivity index (χ0) is 6.85. The summed E-state index contributed by atoms with van der Waals surface area (Å²) in [7, 11) is 0. The van der Waals surface area contributed by atoms with Gasteiger partial charge in [0.15, 0.2) is 0 Å². The van der Waals surface area contributed by atoms with Crippen molar-refractivity contribution in [1.82, 2.24) is 0 Å². The van der Waals surface area contributed by atoms with E-state index in [1.54, 1.807) is 0 Å². The summed E-state index contributed by atoms with van der Waals surface area (Å²) in [5.41, 5.74) is 0. The Kier molecular flexibility index (Phi) is 2.09. The molecule has 0 amide bonds. The summed E-state index contributed by atoms with van der Waals surface area (Å²) in [6.45, 7) is 4.08. The summed E-state index contributed by atoms with van der Waals surface area (Å²) in [6, 6.07) is 0.683. The van der Waals surface area contributed by atoms with Crippen molar-refractivity contribution in [1.29, 1.82) is 0 Å². The molecule has 0 aromatic heterocycles. The van der Waals surface area contributed by atoms with Crippen LogP contribution in [0.25, 0.3) is 0 Å². The lowest BCUT2D eigenvalue weighted by Gasteiger charge is -2.38. The Labute approximate surface area is 56.4 Å². The van der Waals surface area contributed by atoms with Gasteiger partial charge in [0, 0.05) is 0 Å². The normalized spacial score (nSPS) is 45.0. The molecule has 2 heteroatoms. The third kappa shape index (κ3) is 1.43. The summed E-state index contributed by atoms with van der Waals surface area (Å²) in [6.07, 6.45) is 3.47. The highest BCUT2D eigenvalue weighted by Gasteiger charge is 2.21. The van der Waals surface area contributed by atoms with Crippen molar-refractivity contribution in [2.24, 2.45) is 0 Å². The van der Waals surface area contributed by atoms with Crippen LogP contribution < -0.4 is 5.06 Å². The van der Waals surface area contributed by atoms with Crippen molar-refractivity contribution in [2.75, 3.05) is 0 Å². The van der Waals surface area contributed by atoms with Crippen LogP contribution in [0.1, 0.15) is 33.1 Å². The van der Waals surface area contributed by atoms with E-state index in [-0.39, 0.29) is 0 Å². The van der Waals surface area contributed by atoms with Crippen LogP contribution in [0.5, 0.6) is 0 Å². The molecule has 0 radical (unpaired) electrons. The molecule has 2 unspecified atom stereocenters. The van der Waals surface area contributed by atoms with Crippen molar-refractivity contribution >= 4 is 0 Å². The van der Waals surface area contributed by atoms with E-state index < -0.39 is 0 Å². The summed E-state index contributed by atoms with van der Waals surface area (Å²) in [5, 5.41) is 11.6. The molecule has 1 saturated heterocycles. The molecule has 1 fully saturated rings. The maximum Gasteiger partial charge on any atom is 0.0845 e. The fourth-order valence-electron chi connectivity index (χ4n) is 1.50. The molecule has 1 heterocycles. The number of hydrogen-bond donors (Lipinski definition) is 1. The molecular weight excluding hydrogens is 114 g/mol. The third-order valence-electron chi connectivity index (χ3n) is 2.25. The summed E-state index contributed by atoms with van der Waals surface area (Å²) >= 11 is 0. The quantitative estimate of drug-likeness (QED) is 0.469. The Bertz CT molecular complexity index is 84.9. The molecule has 0 spiro atoms. The van der Waals surface area contributed by atoms with Crippen LogP contribution in [-0.2, 0) is 0 Å². The summed E-state index contributed by atoms with van der Waals surface area (Å²) in [5.74, 6) is 0. The second-order valence-electron chi connectivity index (χ2n) is 3.14. The first-order valence-corrected chi connectivity index (χ1v) is 3.75. The Hall–Kier alpha value is -0.0800. The fourth-order valence-corrected chi connectivity index (χ4v) is 1.50. The molecule has 54 valence electrons. The van der Waals surface area contributed by atoms with E-state index in [0.29, 0.717) is 17.1 Å². The molecule has 0 aromatic carbocycles. The van der Waals surface area contributed by atoms with Gasteiger partial charge >= 0.3 is 0 Å². The van der Waals surface area contributed by atoms with Gasteiger partial charge in [-0.1, -0.05) is 0 Å². The number of hydroxylamine groups is 2. The monoisotopic (exact) mass is 129 g/mol. The van der Waals surface area contributed by atoms with Gasteiger partial charge in [-0.05, 0) is 33.1 Å². The molecular formula is C7H15NO. The second-order valence-corrected chi connectivity index (χ2v) is 3.14. The van der Waals surface area contributed by atoms with E-state index in [1.165, 1.54) is 6.42 Å². The van der Waals surface area contributed by atoms with Crippen LogP contribution in [0.15, 0.2) is 0 Å². The van der Waals surface area contributed by atoms with Gasteiger partial charge in [-0.15, -0.1) is 0 Å². The van der Waals surface area contributed by atoms with E-state index in [0.717, 1.165) is 12.8 Å². The molecule has 9 heavy (non-hydrogen) atoms. The number of quaternary nitrogens is 1. The molecule has 2 atom stereocenters. The minimum absolute atomic E-state index is 0.341. The molecule has 0 bridgehead atoms. The van der Waals surface area contributed by atoms with Gasteiger partial charge in [-0.25, -0.2) is 0 Å². The molecule has 1 N–H and O–H groups in total. The molecule has 1 rings (SSSR count). The molecule has 0 aromatic rings. The SMILES string of the molecule is CC1CCCC(C)[NH+]1[O-]. The lowest BCUT2D eigenvalue weighted by atomic mass is 10.0. The van der Waals surface area contributed by atoms with Crippen LogP contribution in [0.2, 0.25) is 0 Å². The Morgan fingerprint density at radius 2 is 1.67 bits per heavy atom. The topological polar surface area (TPSA) is 27.5 Å². The van der Waals surface area contributed by atoms with Crippen molar-refractivity contribution in [3.63, 3.8) is 0 Å². The van der Waals surface area contributed by atoms with Gasteiger partial charge in [0.2, 0.25) is 0 Å². The highest BCUT2D eigenvalue weighted by molar-refractivity contribution is 4.61. The molecule has 2 nitrogen and oxygen atoms in total. The summed E-state index contributed by atoms with van der Waals surface area (Å²) in [4.78, 5) is 0. The Balaban J connectivity index is 2.41. The van der Waals surface area contributed by atoms with Gasteiger partial charge < -0.3 is 10.3 Å². The number of piperidine rings is 1. The maximum atomic E-state index is 11.1. The fraction of sp³-hybridized carbons (Fsp3) is 1.00. The lowest BCUT2D eigenvalue weighted by Crippen LogP contribution is -3.15. The van der Waals surface area contributed by atoms with Gasteiger partial charge in [-0.3, -0.25) is 0 Å². The van der Waals surface area contributed by atoms with Crippen LogP contribution in [0, 0.1) is 5.21 Å². The van der Waals surface area contributed by atoms with Crippen molar-refractivity contribution in [3.05, 3.63) is 5.21 Å². The second kappa shape index (κ2) is 2.67. The average molecular weight is 129 g/mol. The van der Waals surface area contributed by atoms with Crippen molar-refractivity contribution < 1.29 is 5.06 Å². The predicted molar refractivity (Wildman–Crippen MR) is 37.1 cm³/mol. The first-order valence-electron chi connectivity index (χ1n) is 3.75. The number of hydrogen-bond acceptors (Lipinski definition) is 1. The highest BCUT2D eigenvalue weighted by atomic mass is 16.5. The zero-order valence-electron chi connectivity index (χ0n) is 6.18. The largest absolute Gasteiger partial charge is 0.634 e. The zero-order valence-corrected chi connectivity index (χ0v) is 6.18. The standard InChI is InChI=1S/C7H15NO/c1-6-4-3-5-7(2)8(6)9/h6-8H,3-5H2,1-2H3. The van der Waals surface area contributed by atoms with Crippen LogP contribution in [0.4, 0.5) is 0 Å². The van der Waals surface area contributed by atoms with Crippen molar-refractivity contribution in [2.45, 2.75) is 45.2 Å². The number of nitrogens with one attached hydrogen (secondary N) is 1. The van der Waals surface area contributed by atoms with E-state index in [4.69, 9.17) is 0 Å². The average Bonchev–Trinajstić information content (AvgIpc) is 1.83. The van der Waals surface area contributed by atoms with E-state index in [1.807, 2.05) is 13.8 Å². The Morgan fingerprint density at radius 3 is 2.00 bits per heavy atom. The van der Waals surface area contributed by atoms with Crippen LogP contribution >= 0.6 is 0 Å². The summed E-state index contributed by atoms with van der Waals surface area (Å²) < 4.78 is 0. The van der Waals surface area contributed by atoms with E-state index >= 15 is 0 Å². The molecule has 1 aliphatic rings. The van der Waals surface area contributed by atoms with Gasteiger partial charge in [0.05, 0.1) is 12.1 Å². The van der Waals surface area contributed by atoms with E-state index in [2.05, 4.69) is 0 Å². The first kappa shape index (κ1) is 7.03. The van der Waals surface area contributed by atoms with Gasteiger partial charge in [-0.2, -0.15) is 0 Å². The molecule has 0 saturated carbocycles. The van der Waals surface area contributed by atoms with Crippen LogP contribution in [0.3, 0.4) is 0 Å². The molecule has 0 aliphatic carbocycles. The van der Waals surface area contributed by atoms with Crippen LogP contribution in [-0.4, -0.2) is 12.1 Å². The maximum absolute atomic E-state index is 11.1. The van der Waals surface area contributed by atoms with E-state index in [9.17, 15) is 5.21 Å². The Morgan fingerprint density at radius 1 is 1.22 bits per heavy atom. The van der Waals surface area contributed by atoms with Gasteiger partial charge in [0.1, 0.15) is 0 Å². The van der Waals surface area contributed by atoms with Gasteiger partial charge in [0.25, 0.3) is 0 Å². The minimum atomic E-state index is 0.341. The predicted octanol–water partition coefficient (Wildman–Crippen LogP) is 0.330. The number of rotatable bonds is 0. The third-order valence-corrected chi connectivity index (χ3v) is 2.25. The first-order chi connectivity index (χ1) is 4.22. The lowest BCUT2D eigenvalue weighted by molar-refractivity contribution is -0.903. The minimum Gasteiger partial charge on any atom is -0.634 e. The molecule has 1 aliphatic heterocycles. The van der Waals surface area contributed by atoms with Crippen molar-refractivity contribution in [3.8, 4) is 0 Å². The smallest absolute Gasteiger partial charge is 0.0845 e. The highest BCUT2D eigenvalue weighted by Crippen LogP contribution is 2.06.